The Morgan fingerprint density at radius 1 is 1.06 bits per heavy atom. The van der Waals surface area contributed by atoms with Gasteiger partial charge in [-0.2, -0.15) is 13.5 Å². The van der Waals surface area contributed by atoms with Crippen LogP contribution in [0.2, 0.25) is 0 Å². The fourth-order valence-electron chi connectivity index (χ4n) is 6.70. The number of carbonyl (C=O) groups is 1. The number of nitrogens with one attached hydrogen (secondary N) is 3. The van der Waals surface area contributed by atoms with Crippen molar-refractivity contribution < 1.29 is 22.1 Å². The highest BCUT2D eigenvalue weighted by Gasteiger charge is 2.30. The molecule has 4 heterocycles. The highest BCUT2D eigenvalue weighted by atomic mass is 32.2. The lowest BCUT2D eigenvalue weighted by Gasteiger charge is -2.33. The quantitative estimate of drug-likeness (QED) is 0.0667. The van der Waals surface area contributed by atoms with Gasteiger partial charge in [0.1, 0.15) is 23.4 Å². The molecule has 2 aliphatic rings. The molecule has 1 aliphatic heterocycles. The summed E-state index contributed by atoms with van der Waals surface area (Å²) in [6.07, 6.45) is 11.4. The molecule has 15 nitrogen and oxygen atoms in total. The van der Waals surface area contributed by atoms with Crippen molar-refractivity contribution in [3.63, 3.8) is 0 Å². The smallest absolute Gasteiger partial charge is 0.320 e. The third kappa shape index (κ3) is 9.79. The van der Waals surface area contributed by atoms with Crippen LogP contribution < -0.4 is 20.3 Å². The molecule has 1 aromatic carbocycles. The van der Waals surface area contributed by atoms with Gasteiger partial charge < -0.3 is 20.4 Å². The average molecular weight is 747 g/mol. The summed E-state index contributed by atoms with van der Waals surface area (Å²) in [4.78, 5) is 20.5. The highest BCUT2D eigenvalue weighted by Crippen LogP contribution is 2.39. The molecule has 3 unspecified atom stereocenters. The van der Waals surface area contributed by atoms with Crippen LogP contribution in [-0.4, -0.2) is 75.8 Å². The molecule has 284 valence electrons. The Balaban J connectivity index is 1.14. The van der Waals surface area contributed by atoms with Gasteiger partial charge in [-0.15, -0.1) is 10.2 Å². The van der Waals surface area contributed by atoms with Crippen LogP contribution in [0.5, 0.6) is 5.75 Å². The Morgan fingerprint density at radius 3 is 2.60 bits per heavy atom. The predicted molar refractivity (Wildman–Crippen MR) is 204 cm³/mol. The van der Waals surface area contributed by atoms with Crippen molar-refractivity contribution in [1.29, 1.82) is 5.41 Å². The van der Waals surface area contributed by atoms with Crippen molar-refractivity contribution in [1.82, 2.24) is 35.0 Å². The Morgan fingerprint density at radius 2 is 1.85 bits per heavy atom. The van der Waals surface area contributed by atoms with Gasteiger partial charge in [-0.1, -0.05) is 45.0 Å². The van der Waals surface area contributed by atoms with Gasteiger partial charge in [0, 0.05) is 31.3 Å². The van der Waals surface area contributed by atoms with Crippen molar-refractivity contribution in [2.24, 2.45) is 10.4 Å². The lowest BCUT2D eigenvalue weighted by atomic mass is 9.85. The Bertz CT molecular complexity index is 2070. The molecule has 4 aromatic rings. The normalized spacial score (nSPS) is 19.5. The first-order valence-corrected chi connectivity index (χ1v) is 20.0. The largest absolute Gasteiger partial charge is 0.484 e. The first-order chi connectivity index (χ1) is 25.2. The number of anilines is 1. The first-order valence-electron chi connectivity index (χ1n) is 18.2. The summed E-state index contributed by atoms with van der Waals surface area (Å²) < 4.78 is 37.6. The molecule has 6 rings (SSSR count). The van der Waals surface area contributed by atoms with E-state index in [0.717, 1.165) is 54.1 Å². The Labute approximate surface area is 310 Å². The van der Waals surface area contributed by atoms with Crippen molar-refractivity contribution in [2.75, 3.05) is 24.3 Å². The molecule has 3 N–H and O–H groups in total. The molecule has 0 bridgehead atoms. The van der Waals surface area contributed by atoms with Crippen LogP contribution in [0.3, 0.4) is 0 Å². The molecule has 1 fully saturated rings. The molecule has 3 atom stereocenters. The second kappa shape index (κ2) is 16.0. The molecule has 1 saturated heterocycles. The number of hydrogen-bond donors (Lipinski definition) is 3. The molecule has 0 saturated carbocycles. The summed E-state index contributed by atoms with van der Waals surface area (Å²) in [6, 6.07) is 11.6. The van der Waals surface area contributed by atoms with Crippen LogP contribution in [-0.2, 0) is 20.8 Å². The van der Waals surface area contributed by atoms with Crippen LogP contribution in [0.1, 0.15) is 95.9 Å². The van der Waals surface area contributed by atoms with Crippen LogP contribution >= 0.6 is 0 Å². The second-order valence-electron chi connectivity index (χ2n) is 14.9. The summed E-state index contributed by atoms with van der Waals surface area (Å²) in [5.74, 6) is 1.87. The lowest BCUT2D eigenvalue weighted by molar-refractivity contribution is 0.171. The van der Waals surface area contributed by atoms with Crippen LogP contribution in [0.15, 0.2) is 60.0 Å². The van der Waals surface area contributed by atoms with E-state index in [4.69, 9.17) is 14.3 Å². The van der Waals surface area contributed by atoms with Crippen LogP contribution in [0, 0.1) is 10.8 Å². The maximum absolute atomic E-state index is 13.6. The lowest BCUT2D eigenvalue weighted by Crippen LogP contribution is -2.43. The van der Waals surface area contributed by atoms with E-state index in [0.29, 0.717) is 49.1 Å². The number of fused-ring (bicyclic) bond motifs is 2. The number of carbonyl (C=O) groups excluding carboxylic acids is 1. The summed E-state index contributed by atoms with van der Waals surface area (Å²) >= 11 is 0. The molecule has 0 spiro atoms. The number of aryl methyl sites for hydroxylation is 1. The number of urea groups is 1. The number of nitrogens with zero attached hydrogens (tertiary/aromatic N) is 7. The van der Waals surface area contributed by atoms with E-state index in [1.165, 1.54) is 6.42 Å². The molecule has 16 heteroatoms. The van der Waals surface area contributed by atoms with E-state index in [1.807, 2.05) is 67.8 Å². The molecular weight excluding hydrogens is 697 g/mol. The molecule has 2 amide bonds. The third-order valence-corrected chi connectivity index (χ3v) is 10.3. The average Bonchev–Trinajstić information content (AvgIpc) is 3.73. The van der Waals surface area contributed by atoms with Crippen LogP contribution in [0.25, 0.3) is 5.65 Å². The van der Waals surface area contributed by atoms with Gasteiger partial charge in [-0.25, -0.2) is 9.79 Å². The Hall–Kier alpha value is -4.83. The number of rotatable bonds is 12. The van der Waals surface area contributed by atoms with E-state index < -0.39 is 21.6 Å². The third-order valence-electron chi connectivity index (χ3n) is 9.66. The minimum absolute atomic E-state index is 0.0439. The number of benzene rings is 1. The minimum Gasteiger partial charge on any atom is -0.484 e. The number of amides is 2. The number of aliphatic imine (C=N–C) groups is 1. The topological polar surface area (TPSA) is 181 Å². The standard InChI is InChI=1S/C37H50N10O5S/c1-25-11-8-9-19-46(25)36-44-43-34-17-14-27(24-47(34)36)52-31-16-15-30(28-12-6-7-13-29(28)31)41-35(48)42-33(21-32(38)37(2,3)4)40-26-22-39-45(23-26)18-10-20-51-53(5,49)50/h6-7,12-14,17,22-25,30-31,38H,8-11,15-16,18-21H2,1-5H3,(H2,40,41,42,48). The van der Waals surface area contributed by atoms with E-state index in [-0.39, 0.29) is 25.2 Å². The van der Waals surface area contributed by atoms with Gasteiger partial charge in [0.25, 0.3) is 10.1 Å². The number of aromatic nitrogens is 5. The van der Waals surface area contributed by atoms with Crippen molar-refractivity contribution >= 4 is 45.0 Å². The summed E-state index contributed by atoms with van der Waals surface area (Å²) in [5, 5.41) is 27.9. The van der Waals surface area contributed by atoms with Crippen molar-refractivity contribution in [3.05, 3.63) is 66.1 Å². The zero-order valence-corrected chi connectivity index (χ0v) is 31.9. The van der Waals surface area contributed by atoms with Gasteiger partial charge in [0.2, 0.25) is 5.95 Å². The molecule has 1 aliphatic carbocycles. The SMILES string of the molecule is CC1CCCCN1c1nnc2ccc(OC3CCC(NC(=O)NC(CC(=N)C(C)(C)C)=Nc4cnn(CCCOS(C)(=O)=O)c4)c4ccccc43)cn12. The minimum atomic E-state index is -3.51. The van der Waals surface area contributed by atoms with Crippen molar-refractivity contribution in [2.45, 2.75) is 97.4 Å². The predicted octanol–water partition coefficient (Wildman–Crippen LogP) is 6.11. The monoisotopic (exact) mass is 746 g/mol. The second-order valence-corrected chi connectivity index (χ2v) is 16.5. The fourth-order valence-corrected chi connectivity index (χ4v) is 7.12. The van der Waals surface area contributed by atoms with Gasteiger partial charge in [0.15, 0.2) is 5.65 Å². The van der Waals surface area contributed by atoms with E-state index in [2.05, 4.69) is 42.7 Å². The summed E-state index contributed by atoms with van der Waals surface area (Å²) in [5.41, 5.74) is 3.25. The molecule has 53 heavy (non-hydrogen) atoms. The number of ether oxygens (including phenoxy) is 1. The van der Waals surface area contributed by atoms with Gasteiger partial charge >= 0.3 is 6.03 Å². The Kier molecular flexibility index (Phi) is 11.5. The maximum atomic E-state index is 13.6. The van der Waals surface area contributed by atoms with Gasteiger partial charge in [-0.3, -0.25) is 18.6 Å². The highest BCUT2D eigenvalue weighted by molar-refractivity contribution is 7.85. The van der Waals surface area contributed by atoms with Crippen molar-refractivity contribution in [3.8, 4) is 5.75 Å². The molecular formula is C37H50N10O5S. The fraction of sp³-hybridized carbons (Fsp3) is 0.514. The summed E-state index contributed by atoms with van der Waals surface area (Å²) in [7, 11) is -3.51. The molecule has 0 radical (unpaired) electrons. The number of hydrogen-bond acceptors (Lipinski definition) is 11. The number of piperidine rings is 1. The van der Waals surface area contributed by atoms with E-state index in [9.17, 15) is 13.2 Å². The zero-order chi connectivity index (χ0) is 37.8. The zero-order valence-electron chi connectivity index (χ0n) is 31.1. The number of pyridine rings is 1. The van der Waals surface area contributed by atoms with E-state index >= 15 is 0 Å². The van der Waals surface area contributed by atoms with Gasteiger partial charge in [0.05, 0.1) is 37.5 Å². The van der Waals surface area contributed by atoms with E-state index in [1.54, 1.807) is 17.1 Å². The number of amidine groups is 1. The maximum Gasteiger partial charge on any atom is 0.320 e. The molecule has 3 aromatic heterocycles. The van der Waals surface area contributed by atoms with Gasteiger partial charge in [-0.05, 0) is 74.1 Å². The summed E-state index contributed by atoms with van der Waals surface area (Å²) in [6.45, 7) is 9.49. The first kappa shape index (κ1) is 37.9. The van der Waals surface area contributed by atoms with Crippen LogP contribution in [0.4, 0.5) is 16.4 Å².